The normalized spacial score (nSPS) is 10.8. The first kappa shape index (κ1) is 14.5. The third-order valence-electron chi connectivity index (χ3n) is 3.03. The molecule has 0 radical (unpaired) electrons. The summed E-state index contributed by atoms with van der Waals surface area (Å²) in [7, 11) is 0. The molecule has 0 aliphatic heterocycles. The summed E-state index contributed by atoms with van der Waals surface area (Å²) in [6.45, 7) is 3.81. The molecule has 3 rings (SSSR count). The van der Waals surface area contributed by atoms with Gasteiger partial charge in [-0.05, 0) is 30.4 Å². The van der Waals surface area contributed by atoms with Crippen molar-refractivity contribution in [3.8, 4) is 0 Å². The monoisotopic (exact) mass is 314 g/mol. The predicted octanol–water partition coefficient (Wildman–Crippen LogP) is 2.46. The summed E-state index contributed by atoms with van der Waals surface area (Å²) >= 11 is 1.23. The summed E-state index contributed by atoms with van der Waals surface area (Å²) < 4.78 is 4.74. The van der Waals surface area contributed by atoms with E-state index in [1.165, 1.54) is 11.8 Å². The second-order valence-corrected chi connectivity index (χ2v) is 5.84. The van der Waals surface area contributed by atoms with Crippen LogP contribution >= 0.6 is 11.8 Å². The molecule has 0 unspecified atom stereocenters. The molecule has 2 heterocycles. The highest BCUT2D eigenvalue weighted by Crippen LogP contribution is 2.26. The first-order chi connectivity index (χ1) is 10.6. The third-order valence-corrected chi connectivity index (χ3v) is 3.90. The quantitative estimate of drug-likeness (QED) is 0.544. The van der Waals surface area contributed by atoms with E-state index >= 15 is 0 Å². The van der Waals surface area contributed by atoms with Crippen LogP contribution in [0.4, 0.5) is 0 Å². The van der Waals surface area contributed by atoms with Crippen molar-refractivity contribution in [2.75, 3.05) is 0 Å². The zero-order valence-electron chi connectivity index (χ0n) is 12.2. The maximum Gasteiger partial charge on any atom is 0.285 e. The van der Waals surface area contributed by atoms with Gasteiger partial charge in [-0.15, -0.1) is 0 Å². The zero-order chi connectivity index (χ0) is 15.5. The Morgan fingerprint density at radius 1 is 1.14 bits per heavy atom. The summed E-state index contributed by atoms with van der Waals surface area (Å²) in [4.78, 5) is 9.13. The van der Waals surface area contributed by atoms with Crippen molar-refractivity contribution in [3.63, 3.8) is 0 Å². The van der Waals surface area contributed by atoms with Crippen LogP contribution in [-0.4, -0.2) is 15.1 Å². The number of aromatic nitrogens is 4. The highest BCUT2D eigenvalue weighted by atomic mass is 32.2. The number of hydrogen-bond donors (Lipinski definition) is 0. The van der Waals surface area contributed by atoms with Crippen LogP contribution in [0.3, 0.4) is 0 Å². The van der Waals surface area contributed by atoms with E-state index in [1.807, 2.05) is 50.2 Å². The van der Waals surface area contributed by atoms with Crippen LogP contribution in [0.2, 0.25) is 0 Å². The molecule has 0 aliphatic rings. The van der Waals surface area contributed by atoms with E-state index < -0.39 is 0 Å². The molecule has 0 N–H and O–H groups in total. The number of nitrogens with zero attached hydrogens (tertiary/aromatic N) is 4. The Kier molecular flexibility index (Phi) is 4.06. The summed E-state index contributed by atoms with van der Waals surface area (Å²) in [5, 5.41) is 16.7. The Hall–Kier alpha value is -2.41. The molecule has 22 heavy (non-hydrogen) atoms. The van der Waals surface area contributed by atoms with Crippen molar-refractivity contribution in [1.82, 2.24) is 15.1 Å². The molecule has 0 saturated heterocycles. The fourth-order valence-electron chi connectivity index (χ4n) is 2.09. The summed E-state index contributed by atoms with van der Waals surface area (Å²) in [6.07, 6.45) is 0.445. The smallest absolute Gasteiger partial charge is 0.285 e. The average molecular weight is 314 g/mol. The molecule has 1 aromatic carbocycles. The standard InChI is InChI=1S/C15H14N4O2S/c1-10-8-11(2)17-15(16-10)22-14-13(19(20)21-18-14)9-12-6-4-3-5-7-12/h3-8H,9H2,1-2H3. The van der Waals surface area contributed by atoms with Gasteiger partial charge in [0.25, 0.3) is 5.03 Å². The van der Waals surface area contributed by atoms with E-state index in [0.29, 0.717) is 27.2 Å². The lowest BCUT2D eigenvalue weighted by Crippen LogP contribution is -2.28. The Morgan fingerprint density at radius 2 is 1.82 bits per heavy atom. The summed E-state index contributed by atoms with van der Waals surface area (Å²) in [5.74, 6) is 0. The molecular formula is C15H14N4O2S. The Bertz CT molecular complexity index is 769. The van der Waals surface area contributed by atoms with Crippen molar-refractivity contribution < 1.29 is 9.53 Å². The molecule has 0 bridgehead atoms. The lowest BCUT2D eigenvalue weighted by Gasteiger charge is -2.01. The topological polar surface area (TPSA) is 78.8 Å². The van der Waals surface area contributed by atoms with Crippen molar-refractivity contribution in [2.45, 2.75) is 30.5 Å². The van der Waals surface area contributed by atoms with Crippen LogP contribution in [0.1, 0.15) is 22.6 Å². The third kappa shape index (κ3) is 3.25. The average Bonchev–Trinajstić information content (AvgIpc) is 2.80. The van der Waals surface area contributed by atoms with E-state index in [2.05, 4.69) is 15.1 Å². The first-order valence-electron chi connectivity index (χ1n) is 6.74. The summed E-state index contributed by atoms with van der Waals surface area (Å²) in [6, 6.07) is 11.6. The fraction of sp³-hybridized carbons (Fsp3) is 0.200. The van der Waals surface area contributed by atoms with Gasteiger partial charge in [-0.3, -0.25) is 4.63 Å². The number of benzene rings is 1. The molecule has 0 saturated carbocycles. The first-order valence-corrected chi connectivity index (χ1v) is 7.56. The SMILES string of the molecule is Cc1cc(C)nc(Sc2no[n+]([O-])c2Cc2ccccc2)n1. The van der Waals surface area contributed by atoms with Gasteiger partial charge in [0.2, 0.25) is 5.69 Å². The predicted molar refractivity (Wildman–Crippen MR) is 80.3 cm³/mol. The van der Waals surface area contributed by atoms with Crippen LogP contribution in [0, 0.1) is 19.1 Å². The van der Waals surface area contributed by atoms with Gasteiger partial charge < -0.3 is 5.21 Å². The highest BCUT2D eigenvalue weighted by Gasteiger charge is 2.22. The fourth-order valence-corrected chi connectivity index (χ4v) is 2.97. The number of rotatable bonds is 4. The second-order valence-electron chi connectivity index (χ2n) is 4.88. The van der Waals surface area contributed by atoms with E-state index in [0.717, 1.165) is 17.0 Å². The molecule has 3 aromatic rings. The molecular weight excluding hydrogens is 300 g/mol. The van der Waals surface area contributed by atoms with Gasteiger partial charge in [-0.25, -0.2) is 9.97 Å². The molecule has 7 heteroatoms. The maximum atomic E-state index is 11.8. The van der Waals surface area contributed by atoms with Crippen molar-refractivity contribution in [3.05, 3.63) is 64.3 Å². The number of aryl methyl sites for hydroxylation is 2. The Labute approximate surface area is 131 Å². The van der Waals surface area contributed by atoms with Crippen LogP contribution in [0.5, 0.6) is 0 Å². The van der Waals surface area contributed by atoms with Crippen molar-refractivity contribution in [2.24, 2.45) is 0 Å². The van der Waals surface area contributed by atoms with Gasteiger partial charge in [0.05, 0.1) is 5.16 Å². The molecule has 2 aromatic heterocycles. The highest BCUT2D eigenvalue weighted by molar-refractivity contribution is 7.99. The molecule has 0 atom stereocenters. The van der Waals surface area contributed by atoms with Gasteiger partial charge in [-0.1, -0.05) is 30.3 Å². The van der Waals surface area contributed by atoms with E-state index in [-0.39, 0.29) is 0 Å². The van der Waals surface area contributed by atoms with Gasteiger partial charge in [0.1, 0.15) is 0 Å². The molecule has 0 amide bonds. The Morgan fingerprint density at radius 3 is 2.50 bits per heavy atom. The zero-order valence-corrected chi connectivity index (χ0v) is 13.0. The molecule has 0 spiro atoms. The van der Waals surface area contributed by atoms with Gasteiger partial charge in [0.15, 0.2) is 5.16 Å². The van der Waals surface area contributed by atoms with Gasteiger partial charge in [-0.2, -0.15) is 0 Å². The molecule has 6 nitrogen and oxygen atoms in total. The molecule has 0 aliphatic carbocycles. The number of hydrogen-bond acceptors (Lipinski definition) is 6. The minimum absolute atomic E-state index is 0.442. The molecule has 0 fully saturated rings. The largest absolute Gasteiger partial charge is 0.359 e. The van der Waals surface area contributed by atoms with Crippen LogP contribution < -0.4 is 4.90 Å². The van der Waals surface area contributed by atoms with Crippen LogP contribution in [0.25, 0.3) is 0 Å². The molecule has 112 valence electrons. The Balaban J connectivity index is 1.88. The van der Waals surface area contributed by atoms with Crippen LogP contribution in [-0.2, 0) is 6.42 Å². The minimum Gasteiger partial charge on any atom is -0.359 e. The van der Waals surface area contributed by atoms with Gasteiger partial charge in [0, 0.05) is 29.6 Å². The van der Waals surface area contributed by atoms with Crippen molar-refractivity contribution in [1.29, 1.82) is 0 Å². The van der Waals surface area contributed by atoms with Crippen molar-refractivity contribution >= 4 is 11.8 Å². The summed E-state index contributed by atoms with van der Waals surface area (Å²) in [5.41, 5.74) is 3.22. The van der Waals surface area contributed by atoms with Gasteiger partial charge >= 0.3 is 0 Å². The van der Waals surface area contributed by atoms with E-state index in [4.69, 9.17) is 4.63 Å². The van der Waals surface area contributed by atoms with E-state index in [9.17, 15) is 5.21 Å². The maximum absolute atomic E-state index is 11.8. The minimum atomic E-state index is 0.442. The van der Waals surface area contributed by atoms with E-state index in [1.54, 1.807) is 0 Å². The lowest BCUT2D eigenvalue weighted by molar-refractivity contribution is -0.807. The second kappa shape index (κ2) is 6.15. The lowest BCUT2D eigenvalue weighted by atomic mass is 10.1. The van der Waals surface area contributed by atoms with Crippen LogP contribution in [0.15, 0.2) is 51.2 Å².